The van der Waals surface area contributed by atoms with Crippen LogP contribution in [0.15, 0.2) is 0 Å². The molecule has 0 aromatic carbocycles. The van der Waals surface area contributed by atoms with Gasteiger partial charge in [-0.1, -0.05) is 0 Å². The van der Waals surface area contributed by atoms with E-state index in [1.165, 1.54) is 0 Å². The number of likely N-dealkylation sites (N-methyl/N-ethyl adjacent to an activating group) is 1. The number of nitrogens with zero attached hydrogens (tertiary/aromatic N) is 1. The Morgan fingerprint density at radius 3 is 2.77 bits per heavy atom. The van der Waals surface area contributed by atoms with Crippen LogP contribution in [0, 0.1) is 0 Å². The van der Waals surface area contributed by atoms with Gasteiger partial charge in [0.05, 0.1) is 6.54 Å². The SMILES string of the molecule is CCN(C)C(=O)CNCCCSC. The predicted octanol–water partition coefficient (Wildman–Crippen LogP) is 0.807. The molecule has 0 fully saturated rings. The second-order valence-electron chi connectivity index (χ2n) is 2.93. The highest BCUT2D eigenvalue weighted by Crippen LogP contribution is 1.93. The van der Waals surface area contributed by atoms with Crippen molar-refractivity contribution >= 4 is 17.7 Å². The minimum absolute atomic E-state index is 0.173. The number of hydrogen-bond donors (Lipinski definition) is 1. The fourth-order valence-electron chi connectivity index (χ4n) is 0.848. The molecule has 0 rings (SSSR count). The van der Waals surface area contributed by atoms with Crippen molar-refractivity contribution in [3.63, 3.8) is 0 Å². The van der Waals surface area contributed by atoms with Gasteiger partial charge in [-0.3, -0.25) is 4.79 Å². The number of amides is 1. The monoisotopic (exact) mass is 204 g/mol. The van der Waals surface area contributed by atoms with E-state index in [1.807, 2.05) is 25.7 Å². The molecule has 0 heterocycles. The molecule has 0 saturated heterocycles. The Balaban J connectivity index is 3.27. The molecule has 0 saturated carbocycles. The highest BCUT2D eigenvalue weighted by Gasteiger charge is 2.04. The number of nitrogens with one attached hydrogen (secondary N) is 1. The fourth-order valence-corrected chi connectivity index (χ4v) is 1.28. The lowest BCUT2D eigenvalue weighted by Gasteiger charge is -2.14. The van der Waals surface area contributed by atoms with E-state index in [1.54, 1.807) is 4.90 Å². The molecule has 1 N–H and O–H groups in total. The lowest BCUT2D eigenvalue weighted by Crippen LogP contribution is -2.35. The lowest BCUT2D eigenvalue weighted by molar-refractivity contribution is -0.128. The van der Waals surface area contributed by atoms with E-state index in [-0.39, 0.29) is 5.91 Å². The molecule has 0 unspecified atom stereocenters. The van der Waals surface area contributed by atoms with Gasteiger partial charge in [0.25, 0.3) is 0 Å². The molecule has 0 bridgehead atoms. The van der Waals surface area contributed by atoms with Crippen molar-refractivity contribution in [1.29, 1.82) is 0 Å². The van der Waals surface area contributed by atoms with E-state index < -0.39 is 0 Å². The van der Waals surface area contributed by atoms with E-state index >= 15 is 0 Å². The van der Waals surface area contributed by atoms with E-state index in [9.17, 15) is 4.79 Å². The van der Waals surface area contributed by atoms with Gasteiger partial charge in [0.2, 0.25) is 5.91 Å². The summed E-state index contributed by atoms with van der Waals surface area (Å²) in [6.07, 6.45) is 3.22. The van der Waals surface area contributed by atoms with Gasteiger partial charge in [-0.05, 0) is 31.9 Å². The molecule has 0 spiro atoms. The summed E-state index contributed by atoms with van der Waals surface area (Å²) in [6, 6.07) is 0. The van der Waals surface area contributed by atoms with Crippen LogP contribution in [-0.4, -0.2) is 49.5 Å². The summed E-state index contributed by atoms with van der Waals surface area (Å²) < 4.78 is 0. The average Bonchev–Trinajstić information content (AvgIpc) is 2.16. The summed E-state index contributed by atoms with van der Waals surface area (Å²) >= 11 is 1.84. The van der Waals surface area contributed by atoms with Gasteiger partial charge >= 0.3 is 0 Å². The molecule has 0 aliphatic heterocycles. The van der Waals surface area contributed by atoms with E-state index in [0.717, 1.165) is 25.3 Å². The molecule has 78 valence electrons. The molecular weight excluding hydrogens is 184 g/mol. The number of carbonyl (C=O) groups excluding carboxylic acids is 1. The van der Waals surface area contributed by atoms with Crippen molar-refractivity contribution in [1.82, 2.24) is 10.2 Å². The average molecular weight is 204 g/mol. The number of carbonyl (C=O) groups is 1. The van der Waals surface area contributed by atoms with Crippen LogP contribution in [0.5, 0.6) is 0 Å². The first-order valence-corrected chi connectivity index (χ1v) is 6.05. The van der Waals surface area contributed by atoms with Crippen molar-refractivity contribution in [2.75, 3.05) is 38.7 Å². The number of rotatable bonds is 7. The maximum atomic E-state index is 11.3. The first-order valence-electron chi connectivity index (χ1n) is 4.66. The smallest absolute Gasteiger partial charge is 0.236 e. The van der Waals surface area contributed by atoms with Gasteiger partial charge in [0.1, 0.15) is 0 Å². The van der Waals surface area contributed by atoms with Gasteiger partial charge in [0, 0.05) is 13.6 Å². The van der Waals surface area contributed by atoms with Crippen LogP contribution in [0.25, 0.3) is 0 Å². The van der Waals surface area contributed by atoms with Crippen molar-refractivity contribution < 1.29 is 4.79 Å². The molecule has 4 heteroatoms. The molecule has 0 atom stereocenters. The Morgan fingerprint density at radius 1 is 1.54 bits per heavy atom. The van der Waals surface area contributed by atoms with Crippen LogP contribution >= 0.6 is 11.8 Å². The molecule has 0 aliphatic rings. The van der Waals surface area contributed by atoms with E-state index in [2.05, 4.69) is 11.6 Å². The minimum Gasteiger partial charge on any atom is -0.345 e. The highest BCUT2D eigenvalue weighted by atomic mass is 32.2. The summed E-state index contributed by atoms with van der Waals surface area (Å²) in [4.78, 5) is 13.0. The van der Waals surface area contributed by atoms with E-state index in [4.69, 9.17) is 0 Å². The summed E-state index contributed by atoms with van der Waals surface area (Å²) in [5.41, 5.74) is 0. The third-order valence-electron chi connectivity index (χ3n) is 1.88. The Morgan fingerprint density at radius 2 is 2.23 bits per heavy atom. The zero-order valence-corrected chi connectivity index (χ0v) is 9.62. The second-order valence-corrected chi connectivity index (χ2v) is 3.92. The lowest BCUT2D eigenvalue weighted by atomic mass is 10.4. The topological polar surface area (TPSA) is 32.3 Å². The molecule has 0 aromatic heterocycles. The van der Waals surface area contributed by atoms with Gasteiger partial charge in [-0.2, -0.15) is 11.8 Å². The third-order valence-corrected chi connectivity index (χ3v) is 2.58. The normalized spacial score (nSPS) is 10.1. The van der Waals surface area contributed by atoms with Crippen molar-refractivity contribution in [2.45, 2.75) is 13.3 Å². The first-order chi connectivity index (χ1) is 6.22. The van der Waals surface area contributed by atoms with E-state index in [0.29, 0.717) is 6.54 Å². The third kappa shape index (κ3) is 6.90. The van der Waals surface area contributed by atoms with Gasteiger partial charge in [-0.15, -0.1) is 0 Å². The van der Waals surface area contributed by atoms with Gasteiger partial charge in [0.15, 0.2) is 0 Å². The molecule has 0 radical (unpaired) electrons. The Labute approximate surface area is 85.3 Å². The summed E-state index contributed by atoms with van der Waals surface area (Å²) in [5, 5.41) is 3.13. The molecule has 1 amide bonds. The standard InChI is InChI=1S/C9H20N2OS/c1-4-11(2)9(12)8-10-6-5-7-13-3/h10H,4-8H2,1-3H3. The molecule has 0 aliphatic carbocycles. The number of hydrogen-bond acceptors (Lipinski definition) is 3. The second kappa shape index (κ2) is 8.38. The van der Waals surface area contributed by atoms with Crippen molar-refractivity contribution in [3.05, 3.63) is 0 Å². The zero-order valence-electron chi connectivity index (χ0n) is 8.80. The fraction of sp³-hybridized carbons (Fsp3) is 0.889. The summed E-state index contributed by atoms with van der Waals surface area (Å²) in [5.74, 6) is 1.33. The first kappa shape index (κ1) is 12.8. The van der Waals surface area contributed by atoms with Gasteiger partial charge in [-0.25, -0.2) is 0 Å². The molecule has 0 aromatic rings. The zero-order chi connectivity index (χ0) is 10.1. The summed E-state index contributed by atoms with van der Waals surface area (Å²) in [7, 11) is 1.83. The molecular formula is C9H20N2OS. The Hall–Kier alpha value is -0.220. The summed E-state index contributed by atoms with van der Waals surface area (Å²) in [6.45, 7) is 4.17. The quantitative estimate of drug-likeness (QED) is 0.623. The van der Waals surface area contributed by atoms with Gasteiger partial charge < -0.3 is 10.2 Å². The van der Waals surface area contributed by atoms with Crippen LogP contribution < -0.4 is 5.32 Å². The minimum atomic E-state index is 0.173. The largest absolute Gasteiger partial charge is 0.345 e. The van der Waals surface area contributed by atoms with Crippen LogP contribution in [0.1, 0.15) is 13.3 Å². The van der Waals surface area contributed by atoms with Crippen LogP contribution in [-0.2, 0) is 4.79 Å². The Bertz CT molecular complexity index is 142. The highest BCUT2D eigenvalue weighted by molar-refractivity contribution is 7.98. The predicted molar refractivity (Wildman–Crippen MR) is 59.2 cm³/mol. The van der Waals surface area contributed by atoms with Crippen LogP contribution in [0.2, 0.25) is 0 Å². The van der Waals surface area contributed by atoms with Crippen molar-refractivity contribution in [3.8, 4) is 0 Å². The number of thioether (sulfide) groups is 1. The van der Waals surface area contributed by atoms with Crippen LogP contribution in [0.4, 0.5) is 0 Å². The Kier molecular flexibility index (Phi) is 8.24. The maximum Gasteiger partial charge on any atom is 0.236 e. The van der Waals surface area contributed by atoms with Crippen molar-refractivity contribution in [2.24, 2.45) is 0 Å². The maximum absolute atomic E-state index is 11.3. The van der Waals surface area contributed by atoms with Crippen LogP contribution in [0.3, 0.4) is 0 Å². The molecule has 3 nitrogen and oxygen atoms in total. The molecule has 13 heavy (non-hydrogen) atoms.